The van der Waals surface area contributed by atoms with Crippen molar-refractivity contribution in [3.63, 3.8) is 0 Å². The molecule has 0 saturated carbocycles. The molecule has 0 amide bonds. The van der Waals surface area contributed by atoms with Gasteiger partial charge in [-0.2, -0.15) is 0 Å². The fourth-order valence-corrected chi connectivity index (χ4v) is 2.46. The molecule has 21 heavy (non-hydrogen) atoms. The average molecular weight is 289 g/mol. The van der Waals surface area contributed by atoms with Crippen LogP contribution in [0.4, 0.5) is 8.78 Å². The largest absolute Gasteiger partial charge is 0.316 e. The minimum atomic E-state index is -0.245. The van der Waals surface area contributed by atoms with Gasteiger partial charge in [-0.05, 0) is 48.7 Å². The van der Waals surface area contributed by atoms with E-state index >= 15 is 0 Å². The third-order valence-electron chi connectivity index (χ3n) is 3.56. The molecule has 3 heteroatoms. The molecule has 2 rings (SSSR count). The third kappa shape index (κ3) is 4.64. The first-order valence-corrected chi connectivity index (χ1v) is 7.40. The van der Waals surface area contributed by atoms with Crippen molar-refractivity contribution in [2.75, 3.05) is 13.1 Å². The Labute approximate surface area is 125 Å². The van der Waals surface area contributed by atoms with Gasteiger partial charge in [0.2, 0.25) is 0 Å². The van der Waals surface area contributed by atoms with Crippen LogP contribution in [0.1, 0.15) is 30.4 Å². The van der Waals surface area contributed by atoms with E-state index in [1.165, 1.54) is 18.2 Å². The first kappa shape index (κ1) is 15.6. The molecular formula is C18H21F2N. The standard InChI is InChI=1S/C18H21F2N/c1-2-11-21-13-15(17-5-3-4-6-18(17)20)12-14-7-9-16(19)10-8-14/h3-10,15,21H,2,11-13H2,1H3. The maximum atomic E-state index is 14.0. The highest BCUT2D eigenvalue weighted by Crippen LogP contribution is 2.23. The summed E-state index contributed by atoms with van der Waals surface area (Å²) in [6.45, 7) is 3.73. The van der Waals surface area contributed by atoms with E-state index < -0.39 is 0 Å². The van der Waals surface area contributed by atoms with Gasteiger partial charge < -0.3 is 5.32 Å². The molecule has 1 atom stereocenters. The van der Waals surface area contributed by atoms with E-state index in [4.69, 9.17) is 0 Å². The monoisotopic (exact) mass is 289 g/mol. The Morgan fingerprint density at radius 2 is 1.71 bits per heavy atom. The Morgan fingerprint density at radius 3 is 2.38 bits per heavy atom. The van der Waals surface area contributed by atoms with Crippen molar-refractivity contribution < 1.29 is 8.78 Å². The van der Waals surface area contributed by atoms with Crippen LogP contribution in [-0.4, -0.2) is 13.1 Å². The topological polar surface area (TPSA) is 12.0 Å². The Morgan fingerprint density at radius 1 is 1.00 bits per heavy atom. The summed E-state index contributed by atoms with van der Waals surface area (Å²) in [5.41, 5.74) is 1.73. The van der Waals surface area contributed by atoms with Gasteiger partial charge in [0.05, 0.1) is 0 Å². The summed E-state index contributed by atoms with van der Waals surface area (Å²) >= 11 is 0. The molecule has 0 heterocycles. The molecule has 0 aliphatic heterocycles. The van der Waals surface area contributed by atoms with Crippen LogP contribution in [0, 0.1) is 11.6 Å². The molecule has 0 radical (unpaired) electrons. The molecule has 0 spiro atoms. The van der Waals surface area contributed by atoms with Crippen LogP contribution in [0.2, 0.25) is 0 Å². The van der Waals surface area contributed by atoms with Gasteiger partial charge in [-0.1, -0.05) is 37.3 Å². The lowest BCUT2D eigenvalue weighted by Gasteiger charge is -2.19. The Kier molecular flexibility index (Phi) is 5.88. The number of hydrogen-bond donors (Lipinski definition) is 1. The van der Waals surface area contributed by atoms with E-state index in [0.29, 0.717) is 18.5 Å². The van der Waals surface area contributed by atoms with Gasteiger partial charge in [0.15, 0.2) is 0 Å². The summed E-state index contributed by atoms with van der Waals surface area (Å²) in [4.78, 5) is 0. The van der Waals surface area contributed by atoms with Crippen molar-refractivity contribution in [1.82, 2.24) is 5.32 Å². The minimum absolute atomic E-state index is 0.0446. The van der Waals surface area contributed by atoms with E-state index in [1.54, 1.807) is 18.2 Å². The highest BCUT2D eigenvalue weighted by atomic mass is 19.1. The summed E-state index contributed by atoms with van der Waals surface area (Å²) < 4.78 is 27.0. The molecule has 1 unspecified atom stereocenters. The van der Waals surface area contributed by atoms with Gasteiger partial charge in [0.1, 0.15) is 11.6 Å². The van der Waals surface area contributed by atoms with Crippen LogP contribution < -0.4 is 5.32 Å². The van der Waals surface area contributed by atoms with Gasteiger partial charge in [0.25, 0.3) is 0 Å². The molecule has 0 aliphatic carbocycles. The normalized spacial score (nSPS) is 12.3. The summed E-state index contributed by atoms with van der Waals surface area (Å²) in [5.74, 6) is -0.378. The molecule has 2 aromatic carbocycles. The maximum Gasteiger partial charge on any atom is 0.126 e. The molecule has 0 fully saturated rings. The van der Waals surface area contributed by atoms with Gasteiger partial charge in [-0.25, -0.2) is 8.78 Å². The highest BCUT2D eigenvalue weighted by Gasteiger charge is 2.15. The van der Waals surface area contributed by atoms with Crippen LogP contribution >= 0.6 is 0 Å². The highest BCUT2D eigenvalue weighted by molar-refractivity contribution is 5.26. The quantitative estimate of drug-likeness (QED) is 0.750. The van der Waals surface area contributed by atoms with Gasteiger partial charge >= 0.3 is 0 Å². The smallest absolute Gasteiger partial charge is 0.126 e. The second kappa shape index (κ2) is 7.89. The number of rotatable bonds is 7. The van der Waals surface area contributed by atoms with Gasteiger partial charge in [-0.15, -0.1) is 0 Å². The van der Waals surface area contributed by atoms with Crippen molar-refractivity contribution in [2.24, 2.45) is 0 Å². The van der Waals surface area contributed by atoms with Gasteiger partial charge in [-0.3, -0.25) is 0 Å². The molecular weight excluding hydrogens is 268 g/mol. The molecule has 0 aromatic heterocycles. The lowest BCUT2D eigenvalue weighted by atomic mass is 9.91. The molecule has 112 valence electrons. The SMILES string of the molecule is CCCNCC(Cc1ccc(F)cc1)c1ccccc1F. The molecule has 1 N–H and O–H groups in total. The van der Waals surface area contributed by atoms with Crippen molar-refractivity contribution in [1.29, 1.82) is 0 Å². The Hall–Kier alpha value is -1.74. The van der Waals surface area contributed by atoms with E-state index in [0.717, 1.165) is 18.5 Å². The van der Waals surface area contributed by atoms with Crippen LogP contribution in [0.25, 0.3) is 0 Å². The molecule has 0 aliphatic rings. The predicted molar refractivity (Wildman–Crippen MR) is 82.4 cm³/mol. The van der Waals surface area contributed by atoms with Crippen molar-refractivity contribution >= 4 is 0 Å². The van der Waals surface area contributed by atoms with Gasteiger partial charge in [0, 0.05) is 12.5 Å². The second-order valence-electron chi connectivity index (χ2n) is 5.25. The van der Waals surface area contributed by atoms with E-state index in [-0.39, 0.29) is 17.6 Å². The van der Waals surface area contributed by atoms with Crippen LogP contribution in [-0.2, 0) is 6.42 Å². The summed E-state index contributed by atoms with van der Waals surface area (Å²) in [6, 6.07) is 13.3. The summed E-state index contributed by atoms with van der Waals surface area (Å²) in [5, 5.41) is 3.35. The first-order chi connectivity index (χ1) is 10.2. The lowest BCUT2D eigenvalue weighted by molar-refractivity contribution is 0.536. The number of hydrogen-bond acceptors (Lipinski definition) is 1. The van der Waals surface area contributed by atoms with Crippen LogP contribution in [0.5, 0.6) is 0 Å². The maximum absolute atomic E-state index is 14.0. The third-order valence-corrected chi connectivity index (χ3v) is 3.56. The summed E-state index contributed by atoms with van der Waals surface area (Å²) in [7, 11) is 0. The molecule has 0 bridgehead atoms. The zero-order valence-corrected chi connectivity index (χ0v) is 12.3. The molecule has 1 nitrogen and oxygen atoms in total. The average Bonchev–Trinajstić information content (AvgIpc) is 2.49. The van der Waals surface area contributed by atoms with Crippen LogP contribution in [0.15, 0.2) is 48.5 Å². The van der Waals surface area contributed by atoms with E-state index in [9.17, 15) is 8.78 Å². The number of halogens is 2. The second-order valence-corrected chi connectivity index (χ2v) is 5.25. The zero-order chi connectivity index (χ0) is 15.1. The number of benzene rings is 2. The lowest BCUT2D eigenvalue weighted by Crippen LogP contribution is -2.24. The zero-order valence-electron chi connectivity index (χ0n) is 12.3. The summed E-state index contributed by atoms with van der Waals surface area (Å²) in [6.07, 6.45) is 1.73. The minimum Gasteiger partial charge on any atom is -0.316 e. The number of nitrogens with one attached hydrogen (secondary N) is 1. The van der Waals surface area contributed by atoms with Crippen molar-refractivity contribution in [3.8, 4) is 0 Å². The Balaban J connectivity index is 2.15. The first-order valence-electron chi connectivity index (χ1n) is 7.40. The van der Waals surface area contributed by atoms with Crippen molar-refractivity contribution in [2.45, 2.75) is 25.7 Å². The van der Waals surface area contributed by atoms with E-state index in [2.05, 4.69) is 12.2 Å². The molecule has 0 saturated heterocycles. The molecule has 2 aromatic rings. The fourth-order valence-electron chi connectivity index (χ4n) is 2.46. The van der Waals surface area contributed by atoms with Crippen LogP contribution in [0.3, 0.4) is 0 Å². The fraction of sp³-hybridized carbons (Fsp3) is 0.333. The van der Waals surface area contributed by atoms with Crippen molar-refractivity contribution in [3.05, 3.63) is 71.3 Å². The Bertz CT molecular complexity index is 551. The van der Waals surface area contributed by atoms with E-state index in [1.807, 2.05) is 12.1 Å². The predicted octanol–water partition coefficient (Wildman–Crippen LogP) is 4.29.